The first-order valence-electron chi connectivity index (χ1n) is 14.3. The number of ether oxygens (including phenoxy) is 3. The van der Waals surface area contributed by atoms with Crippen molar-refractivity contribution in [2.75, 3.05) is 24.8 Å². The molecule has 3 aromatic rings. The zero-order valence-corrected chi connectivity index (χ0v) is 26.8. The number of anilines is 2. The minimum absolute atomic E-state index is 0.140. The van der Waals surface area contributed by atoms with E-state index in [0.29, 0.717) is 17.5 Å². The largest absolute Gasteiger partial charge is 0.493 e. The number of hydrogen-bond donors (Lipinski definition) is 2. The van der Waals surface area contributed by atoms with Crippen LogP contribution in [0.5, 0.6) is 11.6 Å². The Labute approximate surface area is 261 Å². The molecule has 0 aliphatic carbocycles. The minimum atomic E-state index is -3.15. The summed E-state index contributed by atoms with van der Waals surface area (Å²) in [5.74, 6) is -1.55. The van der Waals surface area contributed by atoms with Gasteiger partial charge in [-0.15, -0.1) is 0 Å². The third-order valence-corrected chi connectivity index (χ3v) is 7.76. The van der Waals surface area contributed by atoms with E-state index >= 15 is 0 Å². The molecule has 2 atom stereocenters. The Bertz CT molecular complexity index is 1700. The van der Waals surface area contributed by atoms with Crippen LogP contribution >= 0.6 is 0 Å². The highest BCUT2D eigenvalue weighted by atomic mass is 32.2. The van der Waals surface area contributed by atoms with E-state index in [1.807, 2.05) is 0 Å². The molecule has 14 heteroatoms. The van der Waals surface area contributed by atoms with Crippen LogP contribution < -0.4 is 20.1 Å². The molecule has 11 nitrogen and oxygen atoms in total. The Balaban J connectivity index is 1.63. The zero-order chi connectivity index (χ0) is 32.9. The fourth-order valence-electron chi connectivity index (χ4n) is 4.42. The van der Waals surface area contributed by atoms with Crippen LogP contribution in [0, 0.1) is 17.6 Å². The summed E-state index contributed by atoms with van der Waals surface area (Å²) in [5.41, 5.74) is 0.202. The summed E-state index contributed by atoms with van der Waals surface area (Å²) in [4.78, 5) is 34.0. The topological polar surface area (TPSA) is 141 Å². The van der Waals surface area contributed by atoms with Crippen molar-refractivity contribution in [2.24, 2.45) is 10.3 Å². The molecule has 1 aliphatic rings. The molecule has 1 aliphatic heterocycles. The van der Waals surface area contributed by atoms with Gasteiger partial charge < -0.3 is 24.8 Å². The highest BCUT2D eigenvalue weighted by Gasteiger charge is 2.28. The molecule has 0 saturated heterocycles. The Kier molecular flexibility index (Phi) is 10.3. The van der Waals surface area contributed by atoms with Gasteiger partial charge in [0.25, 0.3) is 5.91 Å². The Morgan fingerprint density at radius 1 is 1.09 bits per heavy atom. The monoisotopic (exact) mass is 645 g/mol. The second-order valence-electron chi connectivity index (χ2n) is 12.0. The summed E-state index contributed by atoms with van der Waals surface area (Å²) in [7, 11) is -3.15. The van der Waals surface area contributed by atoms with Gasteiger partial charge in [-0.1, -0.05) is 13.8 Å². The van der Waals surface area contributed by atoms with Crippen LogP contribution in [0.1, 0.15) is 46.6 Å². The van der Waals surface area contributed by atoms with E-state index in [-0.39, 0.29) is 53.7 Å². The van der Waals surface area contributed by atoms with Gasteiger partial charge in [-0.3, -0.25) is 4.79 Å². The van der Waals surface area contributed by atoms with E-state index in [9.17, 15) is 22.6 Å². The smallest absolute Gasteiger partial charge is 0.408 e. The molecule has 45 heavy (non-hydrogen) atoms. The van der Waals surface area contributed by atoms with Gasteiger partial charge in [0.15, 0.2) is 0 Å². The Morgan fingerprint density at radius 3 is 2.53 bits per heavy atom. The van der Waals surface area contributed by atoms with Crippen LogP contribution in [0.3, 0.4) is 0 Å². The fraction of sp³-hybridized carbons (Fsp3) is 0.419. The molecular weight excluding hydrogens is 608 g/mol. The predicted octanol–water partition coefficient (Wildman–Crippen LogP) is 6.00. The lowest BCUT2D eigenvalue weighted by molar-refractivity contribution is -0.120. The molecule has 0 fully saturated rings. The number of amides is 2. The number of rotatable bonds is 5. The summed E-state index contributed by atoms with van der Waals surface area (Å²) in [5, 5.41) is 5.54. The minimum Gasteiger partial charge on any atom is -0.493 e. The number of benzene rings is 1. The van der Waals surface area contributed by atoms with Gasteiger partial charge in [0.1, 0.15) is 40.7 Å². The van der Waals surface area contributed by atoms with Crippen molar-refractivity contribution in [3.63, 3.8) is 0 Å². The van der Waals surface area contributed by atoms with Crippen LogP contribution in [0.2, 0.25) is 0 Å². The number of hydrogen-bond acceptors (Lipinski definition) is 9. The highest BCUT2D eigenvalue weighted by Crippen LogP contribution is 2.34. The first-order valence-corrected chi connectivity index (χ1v) is 16.4. The van der Waals surface area contributed by atoms with E-state index in [1.54, 1.807) is 46.8 Å². The highest BCUT2D eigenvalue weighted by molar-refractivity contribution is 7.92. The summed E-state index contributed by atoms with van der Waals surface area (Å²) in [6, 6.07) is 7.41. The molecule has 1 unspecified atom stereocenters. The van der Waals surface area contributed by atoms with Crippen LogP contribution in [0.15, 0.2) is 47.0 Å². The summed E-state index contributed by atoms with van der Waals surface area (Å²) in [6.07, 6.45) is 1.99. The molecule has 0 radical (unpaired) electrons. The maximum absolute atomic E-state index is 14.9. The molecule has 0 spiro atoms. The van der Waals surface area contributed by atoms with Crippen LogP contribution in [0.25, 0.3) is 11.1 Å². The molecular formula is C31H37F2N5O6S. The van der Waals surface area contributed by atoms with Gasteiger partial charge in [0, 0.05) is 35.9 Å². The SMILES string of the molecule is CC(C)[C@@H](NC(=O)OC(C)(C)C)C(=O)N=S(C)(=O)Cc1cc2nc(c1)OCCCOc1cc(F)ccc1-c1cc(ncc1F)N2. The van der Waals surface area contributed by atoms with E-state index in [1.165, 1.54) is 30.5 Å². The maximum Gasteiger partial charge on any atom is 0.408 e. The number of fused-ring (bicyclic) bond motifs is 6. The summed E-state index contributed by atoms with van der Waals surface area (Å²) in [6.45, 7) is 8.89. The number of nitrogens with zero attached hydrogens (tertiary/aromatic N) is 3. The van der Waals surface area contributed by atoms with Crippen molar-refractivity contribution in [2.45, 2.75) is 58.4 Å². The van der Waals surface area contributed by atoms with Gasteiger partial charge >= 0.3 is 6.09 Å². The van der Waals surface area contributed by atoms with Crippen molar-refractivity contribution in [3.05, 3.63) is 59.8 Å². The molecule has 3 heterocycles. The van der Waals surface area contributed by atoms with Crippen molar-refractivity contribution >= 4 is 33.4 Å². The van der Waals surface area contributed by atoms with Crippen molar-refractivity contribution in [3.8, 4) is 22.8 Å². The molecule has 0 saturated carbocycles. The summed E-state index contributed by atoms with van der Waals surface area (Å²) >= 11 is 0. The standard InChI is InChI=1S/C31H37F2N5O6S/c1-18(2)28(37-30(40)44-31(3,4)5)29(39)38-45(6,41)17-19-12-26-35-25-15-22(23(33)16-34-25)21-9-8-20(32)14-24(21)42-10-7-11-43-27(13-19)36-26/h8-9,12-16,18,28H,7,10-11,17H2,1-6H3,(H,37,40)(H,34,35,36)/t28-,45?/m1/s1. The van der Waals surface area contributed by atoms with Crippen LogP contribution in [0.4, 0.5) is 25.2 Å². The predicted molar refractivity (Wildman–Crippen MR) is 166 cm³/mol. The molecule has 4 bridgehead atoms. The number of carbonyl (C=O) groups excluding carboxylic acids is 2. The normalized spacial score (nSPS) is 15.1. The van der Waals surface area contributed by atoms with Gasteiger partial charge in [-0.25, -0.2) is 22.8 Å². The molecule has 4 rings (SSSR count). The number of aromatic nitrogens is 2. The van der Waals surface area contributed by atoms with Crippen molar-refractivity contribution in [1.29, 1.82) is 0 Å². The zero-order valence-electron chi connectivity index (χ0n) is 26.0. The van der Waals surface area contributed by atoms with E-state index in [0.717, 1.165) is 6.20 Å². The van der Waals surface area contributed by atoms with E-state index in [2.05, 4.69) is 25.0 Å². The quantitative estimate of drug-likeness (QED) is 0.342. The van der Waals surface area contributed by atoms with E-state index in [4.69, 9.17) is 14.2 Å². The van der Waals surface area contributed by atoms with Gasteiger partial charge in [0.05, 0.1) is 34.9 Å². The van der Waals surface area contributed by atoms with Crippen LogP contribution in [-0.4, -0.2) is 57.3 Å². The van der Waals surface area contributed by atoms with Gasteiger partial charge in [-0.05, 0) is 56.5 Å². The second kappa shape index (κ2) is 13.8. The Morgan fingerprint density at radius 2 is 1.82 bits per heavy atom. The number of nitrogens with one attached hydrogen (secondary N) is 2. The number of alkyl carbamates (subject to hydrolysis) is 1. The Hall–Kier alpha value is -4.33. The van der Waals surface area contributed by atoms with Crippen molar-refractivity contribution < 1.29 is 36.8 Å². The lowest BCUT2D eigenvalue weighted by Crippen LogP contribution is -2.46. The third kappa shape index (κ3) is 9.58. The number of halogens is 2. The van der Waals surface area contributed by atoms with Crippen LogP contribution in [-0.2, 0) is 25.0 Å². The molecule has 1 aromatic carbocycles. The average Bonchev–Trinajstić information content (AvgIpc) is 2.90. The lowest BCUT2D eigenvalue weighted by Gasteiger charge is -2.24. The molecule has 2 N–H and O–H groups in total. The molecule has 2 aromatic heterocycles. The summed E-state index contributed by atoms with van der Waals surface area (Å²) < 4.78 is 63.4. The maximum atomic E-state index is 14.9. The molecule has 242 valence electrons. The first kappa shape index (κ1) is 33.6. The van der Waals surface area contributed by atoms with E-state index < -0.39 is 45.0 Å². The van der Waals surface area contributed by atoms with Gasteiger partial charge in [0.2, 0.25) is 5.88 Å². The number of carbonyl (C=O) groups is 2. The lowest BCUT2D eigenvalue weighted by atomic mass is 10.0. The third-order valence-electron chi connectivity index (χ3n) is 6.33. The number of pyridine rings is 2. The van der Waals surface area contributed by atoms with Crippen molar-refractivity contribution in [1.82, 2.24) is 15.3 Å². The second-order valence-corrected chi connectivity index (χ2v) is 14.4. The average molecular weight is 646 g/mol. The fourth-order valence-corrected chi connectivity index (χ4v) is 5.76. The molecule has 2 amide bonds. The first-order chi connectivity index (χ1) is 21.1. The van der Waals surface area contributed by atoms with Gasteiger partial charge in [-0.2, -0.15) is 9.35 Å².